The van der Waals surface area contributed by atoms with E-state index in [1.54, 1.807) is 6.92 Å². The molecule has 0 bridgehead atoms. The first-order valence-electron chi connectivity index (χ1n) is 5.00. The summed E-state index contributed by atoms with van der Waals surface area (Å²) >= 11 is 2.68. The lowest BCUT2D eigenvalue weighted by atomic mass is 10.1. The number of hydrogen-bond acceptors (Lipinski definition) is 5. The van der Waals surface area contributed by atoms with Gasteiger partial charge in [0.25, 0.3) is 0 Å². The van der Waals surface area contributed by atoms with Gasteiger partial charge in [-0.2, -0.15) is 4.37 Å². The molecule has 2 aromatic rings. The summed E-state index contributed by atoms with van der Waals surface area (Å²) in [5, 5.41) is 8.83. The van der Waals surface area contributed by atoms with Crippen molar-refractivity contribution < 1.29 is 14.3 Å². The van der Waals surface area contributed by atoms with Crippen molar-refractivity contribution in [1.82, 2.24) is 9.36 Å². The Morgan fingerprint density at radius 1 is 1.50 bits per heavy atom. The minimum atomic E-state index is -1.13. The van der Waals surface area contributed by atoms with Gasteiger partial charge in [0.15, 0.2) is 4.34 Å². The standard InChI is InChI=1S/C11H9FN2O2S2/c1-6-13-11(18-14-6)17-5-7-2-8(10(15)16)4-9(12)3-7/h2-4H,5H2,1H3,(H,15,16). The van der Waals surface area contributed by atoms with Crippen molar-refractivity contribution in [3.05, 3.63) is 41.0 Å². The van der Waals surface area contributed by atoms with Gasteiger partial charge in [0.05, 0.1) is 5.56 Å². The lowest BCUT2D eigenvalue weighted by Gasteiger charge is -2.02. The summed E-state index contributed by atoms with van der Waals surface area (Å²) in [6.07, 6.45) is 0. The molecule has 0 atom stereocenters. The molecule has 94 valence electrons. The maximum atomic E-state index is 13.2. The molecule has 0 saturated heterocycles. The van der Waals surface area contributed by atoms with Crippen molar-refractivity contribution in [3.63, 3.8) is 0 Å². The quantitative estimate of drug-likeness (QED) is 0.874. The largest absolute Gasteiger partial charge is 0.478 e. The summed E-state index contributed by atoms with van der Waals surface area (Å²) in [4.78, 5) is 15.0. The lowest BCUT2D eigenvalue weighted by molar-refractivity contribution is 0.0696. The van der Waals surface area contributed by atoms with E-state index in [0.29, 0.717) is 17.1 Å². The molecule has 4 nitrogen and oxygen atoms in total. The average molecular weight is 284 g/mol. The van der Waals surface area contributed by atoms with Gasteiger partial charge in [-0.05, 0) is 42.2 Å². The summed E-state index contributed by atoms with van der Waals surface area (Å²) in [7, 11) is 0. The predicted octanol–water partition coefficient (Wildman–Crippen LogP) is 2.98. The first kappa shape index (κ1) is 13.0. The number of carbonyl (C=O) groups is 1. The summed E-state index contributed by atoms with van der Waals surface area (Å²) in [6.45, 7) is 1.80. The molecule has 2 rings (SSSR count). The Labute approximate surface area is 111 Å². The molecular formula is C11H9FN2O2S2. The molecule has 0 aliphatic carbocycles. The highest BCUT2D eigenvalue weighted by Crippen LogP contribution is 2.25. The molecule has 0 aliphatic heterocycles. The minimum Gasteiger partial charge on any atom is -0.478 e. The van der Waals surface area contributed by atoms with Gasteiger partial charge < -0.3 is 5.11 Å². The molecule has 0 fully saturated rings. The second-order valence-corrected chi connectivity index (χ2v) is 5.52. The van der Waals surface area contributed by atoms with E-state index in [-0.39, 0.29) is 5.56 Å². The van der Waals surface area contributed by atoms with Gasteiger partial charge in [0.1, 0.15) is 11.6 Å². The van der Waals surface area contributed by atoms with Crippen LogP contribution in [0.5, 0.6) is 0 Å². The average Bonchev–Trinajstić information content (AvgIpc) is 2.72. The fourth-order valence-electron chi connectivity index (χ4n) is 1.34. The second kappa shape index (κ2) is 5.45. The molecule has 1 aromatic carbocycles. The number of rotatable bonds is 4. The van der Waals surface area contributed by atoms with Crippen LogP contribution in [0.3, 0.4) is 0 Å². The SMILES string of the molecule is Cc1nsc(SCc2cc(F)cc(C(=O)O)c2)n1. The molecule has 18 heavy (non-hydrogen) atoms. The minimum absolute atomic E-state index is 0.0426. The molecule has 1 N–H and O–H groups in total. The summed E-state index contributed by atoms with van der Waals surface area (Å²) < 4.78 is 18.0. The number of carboxylic acids is 1. The molecular weight excluding hydrogens is 275 g/mol. The number of benzene rings is 1. The summed E-state index contributed by atoms with van der Waals surface area (Å²) in [5.41, 5.74) is 0.573. The smallest absolute Gasteiger partial charge is 0.335 e. The predicted molar refractivity (Wildman–Crippen MR) is 67.6 cm³/mol. The van der Waals surface area contributed by atoms with Gasteiger partial charge in [-0.1, -0.05) is 11.8 Å². The van der Waals surface area contributed by atoms with E-state index in [0.717, 1.165) is 10.4 Å². The zero-order valence-electron chi connectivity index (χ0n) is 9.38. The first-order valence-corrected chi connectivity index (χ1v) is 6.76. The molecule has 1 aromatic heterocycles. The van der Waals surface area contributed by atoms with Crippen molar-refractivity contribution in [1.29, 1.82) is 0 Å². The van der Waals surface area contributed by atoms with Crippen LogP contribution in [0, 0.1) is 12.7 Å². The molecule has 0 radical (unpaired) electrons. The summed E-state index contributed by atoms with van der Waals surface area (Å²) in [5.74, 6) is -0.508. The van der Waals surface area contributed by atoms with Crippen molar-refractivity contribution in [2.75, 3.05) is 0 Å². The highest BCUT2D eigenvalue weighted by Gasteiger charge is 2.08. The number of aromatic nitrogens is 2. The number of aromatic carboxylic acids is 1. The van der Waals surface area contributed by atoms with Crippen LogP contribution in [0.2, 0.25) is 0 Å². The number of thioether (sulfide) groups is 1. The number of hydrogen-bond donors (Lipinski definition) is 1. The number of carboxylic acid groups (broad SMARTS) is 1. The Kier molecular flexibility index (Phi) is 3.93. The van der Waals surface area contributed by atoms with Crippen molar-refractivity contribution in [2.45, 2.75) is 17.0 Å². The van der Waals surface area contributed by atoms with Crippen LogP contribution in [-0.4, -0.2) is 20.4 Å². The Bertz CT molecular complexity index is 586. The fraction of sp³-hybridized carbons (Fsp3) is 0.182. The molecule has 0 amide bonds. The van der Waals surface area contributed by atoms with Crippen molar-refractivity contribution in [2.24, 2.45) is 0 Å². The van der Waals surface area contributed by atoms with Gasteiger partial charge in [-0.3, -0.25) is 0 Å². The van der Waals surface area contributed by atoms with Crippen LogP contribution in [-0.2, 0) is 5.75 Å². The van der Waals surface area contributed by atoms with Crippen molar-refractivity contribution >= 4 is 29.3 Å². The Morgan fingerprint density at radius 2 is 2.28 bits per heavy atom. The third-order valence-corrected chi connectivity index (χ3v) is 4.07. The monoisotopic (exact) mass is 284 g/mol. The number of nitrogens with zero attached hydrogens (tertiary/aromatic N) is 2. The van der Waals surface area contributed by atoms with E-state index in [9.17, 15) is 9.18 Å². The topological polar surface area (TPSA) is 63.1 Å². The zero-order chi connectivity index (χ0) is 13.1. The normalized spacial score (nSPS) is 10.6. The summed E-state index contributed by atoms with van der Waals surface area (Å²) in [6, 6.07) is 3.80. The fourth-order valence-corrected chi connectivity index (χ4v) is 2.92. The lowest BCUT2D eigenvalue weighted by Crippen LogP contribution is -1.98. The van der Waals surface area contributed by atoms with E-state index in [2.05, 4.69) is 9.36 Å². The third kappa shape index (κ3) is 3.27. The van der Waals surface area contributed by atoms with Gasteiger partial charge in [-0.15, -0.1) is 0 Å². The maximum absolute atomic E-state index is 13.2. The maximum Gasteiger partial charge on any atom is 0.335 e. The van der Waals surface area contributed by atoms with Crippen molar-refractivity contribution in [3.8, 4) is 0 Å². The Balaban J connectivity index is 2.11. The zero-order valence-corrected chi connectivity index (χ0v) is 11.0. The van der Waals surface area contributed by atoms with Crippen LogP contribution in [0.15, 0.2) is 22.5 Å². The first-order chi connectivity index (χ1) is 8.54. The third-order valence-electron chi connectivity index (χ3n) is 2.08. The van der Waals surface area contributed by atoms with E-state index < -0.39 is 11.8 Å². The highest BCUT2D eigenvalue weighted by atomic mass is 32.2. The number of halogens is 1. The van der Waals surface area contributed by atoms with Crippen LogP contribution in [0.25, 0.3) is 0 Å². The molecule has 0 unspecified atom stereocenters. The van der Waals surface area contributed by atoms with Crippen LogP contribution in [0.1, 0.15) is 21.7 Å². The van der Waals surface area contributed by atoms with E-state index in [1.807, 2.05) is 0 Å². The van der Waals surface area contributed by atoms with Gasteiger partial charge in [0, 0.05) is 5.75 Å². The second-order valence-electron chi connectivity index (χ2n) is 3.55. The molecule has 0 spiro atoms. The van der Waals surface area contributed by atoms with Crippen LogP contribution in [0.4, 0.5) is 4.39 Å². The van der Waals surface area contributed by atoms with Crippen LogP contribution >= 0.6 is 23.3 Å². The highest BCUT2D eigenvalue weighted by molar-refractivity contribution is 8.00. The van der Waals surface area contributed by atoms with E-state index in [1.165, 1.54) is 35.4 Å². The van der Waals surface area contributed by atoms with E-state index >= 15 is 0 Å². The Hall–Kier alpha value is -1.47. The molecule has 1 heterocycles. The molecule has 0 saturated carbocycles. The molecule has 0 aliphatic rings. The van der Waals surface area contributed by atoms with E-state index in [4.69, 9.17) is 5.11 Å². The Morgan fingerprint density at radius 3 is 2.89 bits per heavy atom. The van der Waals surface area contributed by atoms with Gasteiger partial charge in [-0.25, -0.2) is 14.2 Å². The molecule has 7 heteroatoms. The van der Waals surface area contributed by atoms with Gasteiger partial charge in [0.2, 0.25) is 0 Å². The van der Waals surface area contributed by atoms with Gasteiger partial charge >= 0.3 is 5.97 Å². The number of aryl methyl sites for hydroxylation is 1. The van der Waals surface area contributed by atoms with Crippen LogP contribution < -0.4 is 0 Å².